The Bertz CT molecular complexity index is 1940. The van der Waals surface area contributed by atoms with E-state index in [1.54, 1.807) is 30.3 Å². The summed E-state index contributed by atoms with van der Waals surface area (Å²) in [5, 5.41) is 3.67. The lowest BCUT2D eigenvalue weighted by molar-refractivity contribution is -0.161. The molecule has 1 unspecified atom stereocenters. The van der Waals surface area contributed by atoms with E-state index in [-0.39, 0.29) is 57.0 Å². The molecule has 54 heavy (non-hydrogen) atoms. The molecular weight excluding hydrogens is 766 g/mol. The number of carbonyl (C=O) groups is 2. The van der Waals surface area contributed by atoms with Gasteiger partial charge in [-0.25, -0.2) is 14.0 Å². The van der Waals surface area contributed by atoms with Crippen LogP contribution in [0.25, 0.3) is 0 Å². The van der Waals surface area contributed by atoms with E-state index in [2.05, 4.69) is 15.2 Å². The van der Waals surface area contributed by atoms with Crippen LogP contribution in [0.15, 0.2) is 67.0 Å². The van der Waals surface area contributed by atoms with E-state index < -0.39 is 36.5 Å². The van der Waals surface area contributed by atoms with E-state index >= 15 is 4.39 Å². The molecule has 1 aliphatic carbocycles. The molecule has 2 bridgehead atoms. The maximum absolute atomic E-state index is 15.0. The number of piperidine rings is 3. The maximum Gasteiger partial charge on any atom is 0.387 e. The number of carbonyl (C=O) groups excluding carboxylic acids is 2. The number of hydrogen-bond acceptors (Lipinski definition) is 10. The van der Waals surface area contributed by atoms with Gasteiger partial charge in [0.05, 0.1) is 16.7 Å². The van der Waals surface area contributed by atoms with Crippen LogP contribution < -0.4 is 14.8 Å². The summed E-state index contributed by atoms with van der Waals surface area (Å²) in [5.41, 5.74) is 1.08. The van der Waals surface area contributed by atoms with Crippen molar-refractivity contribution in [2.45, 2.75) is 63.5 Å². The average molecular weight is 805 g/mol. The Balaban J connectivity index is 1.08. The van der Waals surface area contributed by atoms with E-state index in [1.165, 1.54) is 36.7 Å². The van der Waals surface area contributed by atoms with Gasteiger partial charge in [0.25, 0.3) is 0 Å². The van der Waals surface area contributed by atoms with Crippen LogP contribution in [-0.4, -0.2) is 60.8 Å². The van der Waals surface area contributed by atoms with Crippen LogP contribution in [0.5, 0.6) is 11.5 Å². The molecule has 3 aliphatic heterocycles. The zero-order valence-corrected chi connectivity index (χ0v) is 31.4. The van der Waals surface area contributed by atoms with Crippen molar-refractivity contribution in [3.8, 4) is 11.5 Å². The molecule has 0 spiro atoms. The standard InChI is InChI=1S/C39H38Cl2F3N3O6S/c40-28-18-45-19-29(41)27(28)16-32(24-7-9-31(53-39(43)44)33(15-24)50-21-22-5-6-22)51-37(48)35-10-8-25(54-35)17-46-36(26-3-1-2-4-30(26)42)38(49)52-34-20-47-13-11-23(34)12-14-47/h1-4,7-10,15,18-19,22-23,32,34,36,39,46H,5-6,11-14,16-17,20-21H2/t32-,34-,36?/m0/s1. The van der Waals surface area contributed by atoms with E-state index in [0.29, 0.717) is 35.1 Å². The average Bonchev–Trinajstić information content (AvgIpc) is 3.87. The van der Waals surface area contributed by atoms with Crippen molar-refractivity contribution in [3.05, 3.63) is 109 Å². The molecule has 286 valence electrons. The van der Waals surface area contributed by atoms with Gasteiger partial charge in [-0.3, -0.25) is 15.2 Å². The van der Waals surface area contributed by atoms with Gasteiger partial charge < -0.3 is 18.9 Å². The van der Waals surface area contributed by atoms with Crippen LogP contribution >= 0.6 is 34.5 Å². The summed E-state index contributed by atoms with van der Waals surface area (Å²) in [5.74, 6) is -1.20. The molecular formula is C39H38Cl2F3N3O6S. The number of fused-ring (bicyclic) bond motifs is 3. The number of ether oxygens (including phenoxy) is 4. The predicted molar refractivity (Wildman–Crippen MR) is 197 cm³/mol. The summed E-state index contributed by atoms with van der Waals surface area (Å²) in [7, 11) is 0. The molecule has 0 radical (unpaired) electrons. The Morgan fingerprint density at radius 3 is 2.43 bits per heavy atom. The van der Waals surface area contributed by atoms with Crippen molar-refractivity contribution in [1.82, 2.24) is 15.2 Å². The first-order valence-electron chi connectivity index (χ1n) is 17.8. The van der Waals surface area contributed by atoms with Gasteiger partial charge in [-0.1, -0.05) is 47.5 Å². The number of rotatable bonds is 16. The third-order valence-electron chi connectivity index (χ3n) is 9.98. The highest BCUT2D eigenvalue weighted by atomic mass is 35.5. The summed E-state index contributed by atoms with van der Waals surface area (Å²) in [6.07, 6.45) is 5.53. The second-order valence-corrected chi connectivity index (χ2v) is 15.7. The first-order chi connectivity index (χ1) is 26.1. The number of aromatic nitrogens is 1. The Morgan fingerprint density at radius 2 is 1.74 bits per heavy atom. The lowest BCUT2D eigenvalue weighted by atomic mass is 9.86. The number of pyridine rings is 1. The Labute approximate surface area is 324 Å². The molecule has 1 saturated carbocycles. The van der Waals surface area contributed by atoms with Gasteiger partial charge in [-0.15, -0.1) is 11.3 Å². The fourth-order valence-electron chi connectivity index (χ4n) is 6.83. The van der Waals surface area contributed by atoms with Crippen LogP contribution in [0.1, 0.15) is 69.1 Å². The minimum Gasteiger partial charge on any atom is -0.489 e. The smallest absolute Gasteiger partial charge is 0.387 e. The zero-order chi connectivity index (χ0) is 37.8. The second-order valence-electron chi connectivity index (χ2n) is 13.7. The first kappa shape index (κ1) is 38.4. The molecule has 4 aliphatic rings. The lowest BCUT2D eigenvalue weighted by Crippen LogP contribution is -2.52. The summed E-state index contributed by atoms with van der Waals surface area (Å²) >= 11 is 14.0. The Kier molecular flexibility index (Phi) is 12.3. The number of nitrogens with zero attached hydrogens (tertiary/aromatic N) is 2. The van der Waals surface area contributed by atoms with Crippen molar-refractivity contribution >= 4 is 46.5 Å². The van der Waals surface area contributed by atoms with E-state index in [9.17, 15) is 18.4 Å². The quantitative estimate of drug-likeness (QED) is 0.112. The highest BCUT2D eigenvalue weighted by Gasteiger charge is 2.38. The molecule has 2 aromatic heterocycles. The van der Waals surface area contributed by atoms with E-state index in [0.717, 1.165) is 50.1 Å². The summed E-state index contributed by atoms with van der Waals surface area (Å²) in [6.45, 7) is 0.0342. The minimum atomic E-state index is -3.07. The number of hydrogen-bond donors (Lipinski definition) is 1. The monoisotopic (exact) mass is 803 g/mol. The van der Waals surface area contributed by atoms with Gasteiger partial charge in [0.15, 0.2) is 11.5 Å². The maximum atomic E-state index is 15.0. The van der Waals surface area contributed by atoms with Crippen molar-refractivity contribution in [2.75, 3.05) is 26.2 Å². The van der Waals surface area contributed by atoms with E-state index in [1.807, 2.05) is 0 Å². The number of benzene rings is 2. The number of esters is 2. The van der Waals surface area contributed by atoms with Gasteiger partial charge in [0.2, 0.25) is 0 Å². The molecule has 1 N–H and O–H groups in total. The van der Waals surface area contributed by atoms with E-state index in [4.69, 9.17) is 42.1 Å². The highest BCUT2D eigenvalue weighted by molar-refractivity contribution is 7.13. The topological polar surface area (TPSA) is 99.2 Å². The summed E-state index contributed by atoms with van der Waals surface area (Å²) in [4.78, 5) is 34.5. The fraction of sp³-hybridized carbons (Fsp3) is 0.410. The van der Waals surface area contributed by atoms with Gasteiger partial charge >= 0.3 is 18.6 Å². The minimum absolute atomic E-state index is 0.0366. The SMILES string of the molecule is O=C(O[C@@H](Cc1c(Cl)cncc1Cl)c1ccc(OC(F)F)c(OCC2CC2)c1)c1ccc(CNC(C(=O)O[C@H]2CN3CCC2CC3)c2ccccc2F)s1. The summed E-state index contributed by atoms with van der Waals surface area (Å²) in [6, 6.07) is 12.7. The number of nitrogens with one attached hydrogen (secondary N) is 1. The van der Waals surface area contributed by atoms with Crippen molar-refractivity contribution in [2.24, 2.45) is 11.8 Å². The zero-order valence-electron chi connectivity index (χ0n) is 29.0. The Morgan fingerprint density at radius 1 is 0.981 bits per heavy atom. The van der Waals surface area contributed by atoms with Crippen LogP contribution in [0, 0.1) is 17.7 Å². The first-order valence-corrected chi connectivity index (χ1v) is 19.4. The fourth-order valence-corrected chi connectivity index (χ4v) is 8.19. The summed E-state index contributed by atoms with van der Waals surface area (Å²) < 4.78 is 64.2. The van der Waals surface area contributed by atoms with Crippen LogP contribution in [0.2, 0.25) is 10.0 Å². The molecule has 5 heterocycles. The largest absolute Gasteiger partial charge is 0.489 e. The molecule has 3 atom stereocenters. The molecule has 4 aromatic rings. The van der Waals surface area contributed by atoms with Gasteiger partial charge in [0.1, 0.15) is 28.9 Å². The van der Waals surface area contributed by atoms with Gasteiger partial charge in [0, 0.05) is 42.3 Å². The third-order valence-corrected chi connectivity index (χ3v) is 11.7. The number of thiophene rings is 1. The molecule has 4 fully saturated rings. The normalized spacial score (nSPS) is 20.4. The molecule has 9 nitrogen and oxygen atoms in total. The molecule has 2 aromatic carbocycles. The molecule has 3 saturated heterocycles. The van der Waals surface area contributed by atoms with Crippen LogP contribution in [0.3, 0.4) is 0 Å². The van der Waals surface area contributed by atoms with Crippen molar-refractivity contribution < 1.29 is 41.7 Å². The number of alkyl halides is 2. The lowest BCUT2D eigenvalue weighted by Gasteiger charge is -2.44. The Hall–Kier alpha value is -3.88. The number of halogens is 5. The highest BCUT2D eigenvalue weighted by Crippen LogP contribution is 2.39. The van der Waals surface area contributed by atoms with Crippen LogP contribution in [0.4, 0.5) is 13.2 Å². The molecule has 15 heteroatoms. The van der Waals surface area contributed by atoms with Gasteiger partial charge in [-0.05, 0) is 92.1 Å². The third kappa shape index (κ3) is 9.49. The predicted octanol–water partition coefficient (Wildman–Crippen LogP) is 8.59. The van der Waals surface area contributed by atoms with Crippen molar-refractivity contribution in [3.63, 3.8) is 0 Å². The van der Waals surface area contributed by atoms with Crippen molar-refractivity contribution in [1.29, 1.82) is 0 Å². The second kappa shape index (κ2) is 17.3. The van der Waals surface area contributed by atoms with Crippen LogP contribution in [-0.2, 0) is 27.2 Å². The van der Waals surface area contributed by atoms with Gasteiger partial charge in [-0.2, -0.15) is 8.78 Å². The molecule has 8 rings (SSSR count). The molecule has 0 amide bonds.